The van der Waals surface area contributed by atoms with Gasteiger partial charge in [0.1, 0.15) is 11.6 Å². The minimum atomic E-state index is -0.427. The van der Waals surface area contributed by atoms with Crippen LogP contribution in [0.15, 0.2) is 24.3 Å². The number of nitrogens with zero attached hydrogens (tertiary/aromatic N) is 1. The zero-order valence-corrected chi connectivity index (χ0v) is 10.9. The number of rotatable bonds is 6. The number of carbonyl (C=O) groups excluding carboxylic acids is 2. The van der Waals surface area contributed by atoms with E-state index in [0.717, 1.165) is 0 Å². The molecule has 0 aliphatic heterocycles. The molecule has 1 amide bonds. The molecule has 0 atom stereocenters. The SMILES string of the molecule is COC(=O)CCN(C)C(=O)COc1cccc(F)c1. The first kappa shape index (κ1) is 14.9. The second-order valence-corrected chi connectivity index (χ2v) is 3.89. The Bertz CT molecular complexity index is 450. The molecule has 0 unspecified atom stereocenters. The maximum atomic E-state index is 12.9. The molecule has 0 saturated carbocycles. The molecule has 1 aromatic carbocycles. The predicted octanol–water partition coefficient (Wildman–Crippen LogP) is 1.23. The summed E-state index contributed by atoms with van der Waals surface area (Å²) in [5.74, 6) is -0.822. The molecule has 0 fully saturated rings. The number of carbonyl (C=O) groups is 2. The van der Waals surface area contributed by atoms with E-state index < -0.39 is 5.82 Å². The Morgan fingerprint density at radius 3 is 2.74 bits per heavy atom. The minimum absolute atomic E-state index is 0.124. The van der Waals surface area contributed by atoms with E-state index in [1.165, 1.54) is 30.2 Å². The van der Waals surface area contributed by atoms with Gasteiger partial charge in [0.2, 0.25) is 0 Å². The number of halogens is 1. The Balaban J connectivity index is 2.36. The Morgan fingerprint density at radius 2 is 2.11 bits per heavy atom. The van der Waals surface area contributed by atoms with Crippen molar-refractivity contribution in [1.82, 2.24) is 4.90 Å². The van der Waals surface area contributed by atoms with E-state index >= 15 is 0 Å². The fraction of sp³-hybridized carbons (Fsp3) is 0.385. The van der Waals surface area contributed by atoms with Gasteiger partial charge >= 0.3 is 5.97 Å². The monoisotopic (exact) mass is 269 g/mol. The van der Waals surface area contributed by atoms with Crippen LogP contribution in [0, 0.1) is 5.82 Å². The summed E-state index contributed by atoms with van der Waals surface area (Å²) in [6.45, 7) is 0.0408. The number of likely N-dealkylation sites (N-methyl/N-ethyl adjacent to an activating group) is 1. The van der Waals surface area contributed by atoms with E-state index in [-0.39, 0.29) is 37.2 Å². The fourth-order valence-electron chi connectivity index (χ4n) is 1.30. The molecule has 0 radical (unpaired) electrons. The van der Waals surface area contributed by atoms with Crippen molar-refractivity contribution in [1.29, 1.82) is 0 Å². The third-order valence-corrected chi connectivity index (χ3v) is 2.46. The zero-order valence-electron chi connectivity index (χ0n) is 10.9. The number of amides is 1. The quantitative estimate of drug-likeness (QED) is 0.729. The van der Waals surface area contributed by atoms with Crippen LogP contribution in [-0.2, 0) is 14.3 Å². The van der Waals surface area contributed by atoms with Gasteiger partial charge in [-0.3, -0.25) is 9.59 Å². The van der Waals surface area contributed by atoms with Gasteiger partial charge in [-0.15, -0.1) is 0 Å². The van der Waals surface area contributed by atoms with Crippen LogP contribution in [0.3, 0.4) is 0 Å². The van der Waals surface area contributed by atoms with Gasteiger partial charge in [0, 0.05) is 19.7 Å². The van der Waals surface area contributed by atoms with Crippen molar-refractivity contribution in [2.24, 2.45) is 0 Å². The lowest BCUT2D eigenvalue weighted by molar-refractivity contribution is -0.141. The summed E-state index contributed by atoms with van der Waals surface area (Å²) in [7, 11) is 2.84. The van der Waals surface area contributed by atoms with Crippen molar-refractivity contribution in [3.8, 4) is 5.75 Å². The smallest absolute Gasteiger partial charge is 0.307 e. The van der Waals surface area contributed by atoms with Gasteiger partial charge in [-0.05, 0) is 12.1 Å². The first-order chi connectivity index (χ1) is 9.02. The van der Waals surface area contributed by atoms with Crippen LogP contribution in [0.4, 0.5) is 4.39 Å². The zero-order chi connectivity index (χ0) is 14.3. The molecule has 19 heavy (non-hydrogen) atoms. The highest BCUT2D eigenvalue weighted by atomic mass is 19.1. The summed E-state index contributed by atoms with van der Waals surface area (Å²) in [5, 5.41) is 0. The second-order valence-electron chi connectivity index (χ2n) is 3.89. The first-order valence-corrected chi connectivity index (χ1v) is 5.72. The number of benzene rings is 1. The van der Waals surface area contributed by atoms with Crippen LogP contribution in [0.2, 0.25) is 0 Å². The Kier molecular flexibility index (Phi) is 5.78. The summed E-state index contributed by atoms with van der Waals surface area (Å²) in [6.07, 6.45) is 0.124. The summed E-state index contributed by atoms with van der Waals surface area (Å²) in [5.41, 5.74) is 0. The molecule has 5 nitrogen and oxygen atoms in total. The maximum Gasteiger partial charge on any atom is 0.307 e. The molecule has 0 spiro atoms. The molecule has 1 aromatic rings. The molecule has 0 heterocycles. The largest absolute Gasteiger partial charge is 0.484 e. The molecule has 104 valence electrons. The molecular weight excluding hydrogens is 253 g/mol. The van der Waals surface area contributed by atoms with Crippen LogP contribution in [0.1, 0.15) is 6.42 Å². The van der Waals surface area contributed by atoms with Crippen LogP contribution >= 0.6 is 0 Å². The number of hydrogen-bond acceptors (Lipinski definition) is 4. The van der Waals surface area contributed by atoms with E-state index in [1.807, 2.05) is 0 Å². The molecule has 6 heteroatoms. The van der Waals surface area contributed by atoms with Gasteiger partial charge in [-0.25, -0.2) is 4.39 Å². The van der Waals surface area contributed by atoms with Crippen LogP contribution in [0.25, 0.3) is 0 Å². The highest BCUT2D eigenvalue weighted by molar-refractivity contribution is 5.78. The highest BCUT2D eigenvalue weighted by Gasteiger charge is 2.11. The Morgan fingerprint density at radius 1 is 1.37 bits per heavy atom. The summed E-state index contributed by atoms with van der Waals surface area (Å²) in [4.78, 5) is 23.9. The molecule has 1 rings (SSSR count). The molecule has 0 aromatic heterocycles. The van der Waals surface area contributed by atoms with Crippen molar-refractivity contribution in [2.75, 3.05) is 27.3 Å². The van der Waals surface area contributed by atoms with Crippen molar-refractivity contribution >= 4 is 11.9 Å². The van der Waals surface area contributed by atoms with Gasteiger partial charge in [-0.1, -0.05) is 6.07 Å². The van der Waals surface area contributed by atoms with Gasteiger partial charge in [0.25, 0.3) is 5.91 Å². The van der Waals surface area contributed by atoms with Gasteiger partial charge in [-0.2, -0.15) is 0 Å². The van der Waals surface area contributed by atoms with Crippen LogP contribution in [-0.4, -0.2) is 44.1 Å². The molecular formula is C13H16FNO4. The lowest BCUT2D eigenvalue weighted by atomic mass is 10.3. The maximum absolute atomic E-state index is 12.9. The second kappa shape index (κ2) is 7.35. The van der Waals surface area contributed by atoms with Crippen molar-refractivity contribution in [3.05, 3.63) is 30.1 Å². The third-order valence-electron chi connectivity index (χ3n) is 2.46. The molecule has 0 bridgehead atoms. The van der Waals surface area contributed by atoms with E-state index in [2.05, 4.69) is 4.74 Å². The normalized spacial score (nSPS) is 9.84. The van der Waals surface area contributed by atoms with Gasteiger partial charge < -0.3 is 14.4 Å². The van der Waals surface area contributed by atoms with E-state index in [9.17, 15) is 14.0 Å². The fourth-order valence-corrected chi connectivity index (χ4v) is 1.30. The Labute approximate surface area is 110 Å². The van der Waals surface area contributed by atoms with Crippen molar-refractivity contribution in [3.63, 3.8) is 0 Å². The minimum Gasteiger partial charge on any atom is -0.484 e. The highest BCUT2D eigenvalue weighted by Crippen LogP contribution is 2.11. The number of methoxy groups -OCH3 is 1. The van der Waals surface area contributed by atoms with Crippen LogP contribution < -0.4 is 4.74 Å². The molecule has 0 aliphatic rings. The summed E-state index contributed by atoms with van der Waals surface area (Å²) >= 11 is 0. The number of ether oxygens (including phenoxy) is 2. The van der Waals surface area contributed by atoms with Crippen molar-refractivity contribution < 1.29 is 23.5 Å². The average molecular weight is 269 g/mol. The standard InChI is InChI=1S/C13H16FNO4/c1-15(7-6-13(17)18-2)12(16)9-19-11-5-3-4-10(14)8-11/h3-5,8H,6-7,9H2,1-2H3. The Hall–Kier alpha value is -2.11. The summed E-state index contributed by atoms with van der Waals surface area (Å²) < 4.78 is 22.5. The van der Waals surface area contributed by atoms with Crippen molar-refractivity contribution in [2.45, 2.75) is 6.42 Å². The van der Waals surface area contributed by atoms with E-state index in [0.29, 0.717) is 0 Å². The van der Waals surface area contributed by atoms with Gasteiger partial charge in [0.15, 0.2) is 6.61 Å². The van der Waals surface area contributed by atoms with Gasteiger partial charge in [0.05, 0.1) is 13.5 Å². The summed E-state index contributed by atoms with van der Waals surface area (Å²) in [6, 6.07) is 5.54. The van der Waals surface area contributed by atoms with E-state index in [4.69, 9.17) is 4.74 Å². The molecule has 0 saturated heterocycles. The third kappa shape index (κ3) is 5.37. The molecule has 0 aliphatic carbocycles. The number of hydrogen-bond donors (Lipinski definition) is 0. The van der Waals surface area contributed by atoms with Crippen LogP contribution in [0.5, 0.6) is 5.75 Å². The topological polar surface area (TPSA) is 55.8 Å². The van der Waals surface area contributed by atoms with E-state index in [1.54, 1.807) is 13.1 Å². The average Bonchev–Trinajstić information content (AvgIpc) is 2.41. The lowest BCUT2D eigenvalue weighted by Crippen LogP contribution is -2.33. The predicted molar refractivity (Wildman–Crippen MR) is 66.2 cm³/mol. The first-order valence-electron chi connectivity index (χ1n) is 5.72. The number of esters is 1. The molecule has 0 N–H and O–H groups in total. The lowest BCUT2D eigenvalue weighted by Gasteiger charge is -2.16.